The summed E-state index contributed by atoms with van der Waals surface area (Å²) in [6.45, 7) is 2.31. The molecule has 0 aliphatic carbocycles. The van der Waals surface area contributed by atoms with Crippen LogP contribution < -0.4 is 4.72 Å². The summed E-state index contributed by atoms with van der Waals surface area (Å²) in [7, 11) is -3.32. The van der Waals surface area contributed by atoms with Crippen molar-refractivity contribution in [3.8, 4) is 0 Å². The number of nitrogens with zero attached hydrogens (tertiary/aromatic N) is 1. The van der Waals surface area contributed by atoms with Gasteiger partial charge in [0.1, 0.15) is 0 Å². The highest BCUT2D eigenvalue weighted by Gasteiger charge is 2.15. The first-order chi connectivity index (χ1) is 7.56. The topological polar surface area (TPSA) is 59.1 Å². The van der Waals surface area contributed by atoms with Gasteiger partial charge in [-0.15, -0.1) is 11.3 Å². The molecule has 4 nitrogen and oxygen atoms in total. The van der Waals surface area contributed by atoms with E-state index < -0.39 is 10.0 Å². The lowest BCUT2D eigenvalue weighted by Crippen LogP contribution is -2.24. The molecular formula is C9H15IN2O2S2. The van der Waals surface area contributed by atoms with Crippen molar-refractivity contribution in [1.82, 2.24) is 9.71 Å². The summed E-state index contributed by atoms with van der Waals surface area (Å²) in [5, 5.41) is 0.769. The molecule has 1 aromatic rings. The van der Waals surface area contributed by atoms with Crippen LogP contribution in [-0.4, -0.2) is 24.4 Å². The van der Waals surface area contributed by atoms with E-state index in [0.717, 1.165) is 28.7 Å². The van der Waals surface area contributed by atoms with Crippen LogP contribution in [0.25, 0.3) is 0 Å². The van der Waals surface area contributed by atoms with Crippen LogP contribution in [0.1, 0.15) is 24.3 Å². The zero-order chi connectivity index (χ0) is 12.0. The van der Waals surface area contributed by atoms with E-state index in [4.69, 9.17) is 0 Å². The highest BCUT2D eigenvalue weighted by molar-refractivity contribution is 14.1. The van der Waals surface area contributed by atoms with Crippen LogP contribution in [-0.2, 0) is 10.0 Å². The summed E-state index contributed by atoms with van der Waals surface area (Å²) in [6, 6.07) is 0. The largest absolute Gasteiger partial charge is 0.251 e. The van der Waals surface area contributed by atoms with Crippen molar-refractivity contribution < 1.29 is 8.42 Å². The number of thiazole rings is 1. The van der Waals surface area contributed by atoms with Gasteiger partial charge in [0, 0.05) is 6.54 Å². The Hall–Kier alpha value is 0.270. The molecule has 0 aliphatic rings. The number of unbranched alkanes of at least 4 members (excludes halogenated alkanes) is 2. The number of nitrogens with one attached hydrogen (secondary N) is 1. The van der Waals surface area contributed by atoms with Crippen molar-refractivity contribution in [3.63, 3.8) is 0 Å². The SMILES string of the molecule is Cc1ncc(S(=O)(=O)NCCCCCI)s1. The lowest BCUT2D eigenvalue weighted by Gasteiger charge is -2.03. The molecule has 0 radical (unpaired) electrons. The molecule has 0 aliphatic heterocycles. The molecule has 1 rings (SSSR count). The second-order valence-corrected chi connectivity index (χ2v) is 7.65. The maximum Gasteiger partial charge on any atom is 0.251 e. The summed E-state index contributed by atoms with van der Waals surface area (Å²) in [5.74, 6) is 0. The van der Waals surface area contributed by atoms with Crippen molar-refractivity contribution in [2.75, 3.05) is 11.0 Å². The molecule has 92 valence electrons. The molecule has 0 fully saturated rings. The third-order valence-corrected chi connectivity index (χ3v) is 5.57. The molecule has 0 atom stereocenters. The van der Waals surface area contributed by atoms with E-state index >= 15 is 0 Å². The first-order valence-electron chi connectivity index (χ1n) is 5.04. The van der Waals surface area contributed by atoms with Gasteiger partial charge < -0.3 is 0 Å². The minimum Gasteiger partial charge on any atom is -0.249 e. The molecule has 0 bridgehead atoms. The van der Waals surface area contributed by atoms with Crippen molar-refractivity contribution >= 4 is 44.0 Å². The number of rotatable bonds is 7. The summed E-state index contributed by atoms with van der Waals surface area (Å²) >= 11 is 3.52. The van der Waals surface area contributed by atoms with Crippen LogP contribution in [0.2, 0.25) is 0 Å². The number of halogens is 1. The monoisotopic (exact) mass is 374 g/mol. The smallest absolute Gasteiger partial charge is 0.249 e. The fourth-order valence-electron chi connectivity index (χ4n) is 1.14. The molecule has 16 heavy (non-hydrogen) atoms. The highest BCUT2D eigenvalue weighted by Crippen LogP contribution is 2.17. The van der Waals surface area contributed by atoms with Crippen molar-refractivity contribution in [2.24, 2.45) is 0 Å². The molecule has 0 unspecified atom stereocenters. The molecule has 0 saturated carbocycles. The van der Waals surface area contributed by atoms with Crippen LogP contribution in [0.5, 0.6) is 0 Å². The van der Waals surface area contributed by atoms with Crippen LogP contribution in [0.4, 0.5) is 0 Å². The average molecular weight is 374 g/mol. The molecule has 0 aromatic carbocycles. The number of alkyl halides is 1. The van der Waals surface area contributed by atoms with Crippen molar-refractivity contribution in [3.05, 3.63) is 11.2 Å². The molecule has 1 heterocycles. The van der Waals surface area contributed by atoms with E-state index in [1.54, 1.807) is 6.92 Å². The van der Waals surface area contributed by atoms with Crippen molar-refractivity contribution in [2.45, 2.75) is 30.4 Å². The predicted molar refractivity (Wildman–Crippen MR) is 74.8 cm³/mol. The Bertz CT molecular complexity index is 417. The van der Waals surface area contributed by atoms with Gasteiger partial charge in [0.2, 0.25) is 0 Å². The van der Waals surface area contributed by atoms with E-state index in [9.17, 15) is 8.42 Å². The highest BCUT2D eigenvalue weighted by atomic mass is 127. The van der Waals surface area contributed by atoms with Crippen LogP contribution in [0, 0.1) is 6.92 Å². The van der Waals surface area contributed by atoms with Gasteiger partial charge in [0.05, 0.1) is 11.2 Å². The summed E-state index contributed by atoms with van der Waals surface area (Å²) < 4.78 is 27.5. The standard InChI is InChI=1S/C9H15IN2O2S2/c1-8-11-7-9(15-8)16(13,14)12-6-4-2-3-5-10/h7,12H,2-6H2,1H3. The van der Waals surface area contributed by atoms with E-state index in [1.807, 2.05) is 0 Å². The maximum absolute atomic E-state index is 11.7. The molecule has 7 heteroatoms. The van der Waals surface area contributed by atoms with Gasteiger partial charge in [-0.25, -0.2) is 18.1 Å². The Labute approximate surface area is 114 Å². The minimum atomic E-state index is -3.32. The molecular weight excluding hydrogens is 359 g/mol. The predicted octanol–water partition coefficient (Wildman–Crippen LogP) is 2.34. The van der Waals surface area contributed by atoms with Gasteiger partial charge in [0.25, 0.3) is 10.0 Å². The lowest BCUT2D eigenvalue weighted by molar-refractivity contribution is 0.578. The third kappa shape index (κ3) is 4.64. The number of aryl methyl sites for hydroxylation is 1. The van der Waals surface area contributed by atoms with Crippen molar-refractivity contribution in [1.29, 1.82) is 0 Å². The fourth-order valence-corrected chi connectivity index (χ4v) is 3.91. The maximum atomic E-state index is 11.7. The quantitative estimate of drug-likeness (QED) is 0.453. The molecule has 0 saturated heterocycles. The number of aromatic nitrogens is 1. The average Bonchev–Trinajstić information content (AvgIpc) is 2.65. The van der Waals surface area contributed by atoms with Gasteiger partial charge in [-0.05, 0) is 24.2 Å². The zero-order valence-corrected chi connectivity index (χ0v) is 12.9. The van der Waals surface area contributed by atoms with Gasteiger partial charge in [-0.3, -0.25) is 0 Å². The minimum absolute atomic E-state index is 0.305. The Kier molecular flexibility index (Phi) is 6.16. The number of hydrogen-bond acceptors (Lipinski definition) is 4. The first kappa shape index (κ1) is 14.3. The lowest BCUT2D eigenvalue weighted by atomic mass is 10.3. The molecule has 1 aromatic heterocycles. The van der Waals surface area contributed by atoms with Gasteiger partial charge in [-0.1, -0.05) is 29.0 Å². The zero-order valence-electron chi connectivity index (χ0n) is 9.07. The normalized spacial score (nSPS) is 11.9. The Morgan fingerprint density at radius 2 is 2.19 bits per heavy atom. The van der Waals surface area contributed by atoms with Gasteiger partial charge in [0.15, 0.2) is 4.21 Å². The van der Waals surface area contributed by atoms with E-state index in [0.29, 0.717) is 10.8 Å². The summed E-state index contributed by atoms with van der Waals surface area (Å²) in [6.07, 6.45) is 4.50. The molecule has 0 amide bonds. The first-order valence-corrected chi connectivity index (χ1v) is 8.87. The third-order valence-electron chi connectivity index (χ3n) is 1.97. The molecule has 0 spiro atoms. The number of hydrogen-bond donors (Lipinski definition) is 1. The van der Waals surface area contributed by atoms with E-state index in [-0.39, 0.29) is 0 Å². The Morgan fingerprint density at radius 1 is 1.44 bits per heavy atom. The Balaban J connectivity index is 2.41. The fraction of sp³-hybridized carbons (Fsp3) is 0.667. The summed E-state index contributed by atoms with van der Waals surface area (Å²) in [5.41, 5.74) is 0. The van der Waals surface area contributed by atoms with Crippen LogP contribution in [0.3, 0.4) is 0 Å². The van der Waals surface area contributed by atoms with Gasteiger partial charge >= 0.3 is 0 Å². The van der Waals surface area contributed by atoms with Crippen LogP contribution >= 0.6 is 33.9 Å². The van der Waals surface area contributed by atoms with Gasteiger partial charge in [-0.2, -0.15) is 0 Å². The summed E-state index contributed by atoms with van der Waals surface area (Å²) in [4.78, 5) is 3.94. The second-order valence-electron chi connectivity index (χ2n) is 3.35. The van der Waals surface area contributed by atoms with Crippen LogP contribution in [0.15, 0.2) is 10.4 Å². The Morgan fingerprint density at radius 3 is 2.75 bits per heavy atom. The number of sulfonamides is 1. The van der Waals surface area contributed by atoms with E-state index in [2.05, 4.69) is 32.3 Å². The molecule has 1 N–H and O–H groups in total. The second kappa shape index (κ2) is 6.87. The van der Waals surface area contributed by atoms with E-state index in [1.165, 1.54) is 17.5 Å².